The molecule has 5 unspecified atom stereocenters. The van der Waals surface area contributed by atoms with E-state index in [2.05, 4.69) is 4.74 Å². The van der Waals surface area contributed by atoms with Crippen molar-refractivity contribution >= 4 is 50.6 Å². The summed E-state index contributed by atoms with van der Waals surface area (Å²) in [6.45, 7) is 0. The quantitative estimate of drug-likeness (QED) is 0.159. The summed E-state index contributed by atoms with van der Waals surface area (Å²) in [5, 5.41) is 0. The van der Waals surface area contributed by atoms with Gasteiger partial charge in [0.05, 0.1) is 21.0 Å². The summed E-state index contributed by atoms with van der Waals surface area (Å²) in [7, 11) is -5.95. The maximum Gasteiger partial charge on any atom is 0.438 e. The van der Waals surface area contributed by atoms with Crippen molar-refractivity contribution in [1.29, 1.82) is 0 Å². The maximum atomic E-state index is 13.5. The monoisotopic (exact) mass is 672 g/mol. The van der Waals surface area contributed by atoms with Gasteiger partial charge in [-0.25, -0.2) is 4.79 Å². The lowest BCUT2D eigenvalue weighted by Gasteiger charge is -2.35. The lowest BCUT2D eigenvalue weighted by atomic mass is 9.80. The van der Waals surface area contributed by atoms with Gasteiger partial charge in [-0.05, 0) is 59.5 Å². The largest absolute Gasteiger partial charge is 0.462 e. The van der Waals surface area contributed by atoms with Crippen LogP contribution >= 0.6 is 22.6 Å². The minimum Gasteiger partial charge on any atom is -0.462 e. The molecule has 1 aromatic rings. The highest BCUT2D eigenvalue weighted by Gasteiger charge is 2.76. The molecule has 37 heavy (non-hydrogen) atoms. The second-order valence-electron chi connectivity index (χ2n) is 8.93. The van der Waals surface area contributed by atoms with Gasteiger partial charge >= 0.3 is 35.9 Å². The van der Waals surface area contributed by atoms with E-state index in [0.29, 0.717) is 18.9 Å². The van der Waals surface area contributed by atoms with E-state index in [9.17, 15) is 49.1 Å². The van der Waals surface area contributed by atoms with Crippen LogP contribution in [0.3, 0.4) is 0 Å². The molecular formula is C20H15F6IO9S. The Bertz CT molecular complexity index is 1250. The van der Waals surface area contributed by atoms with Crippen molar-refractivity contribution in [2.75, 3.05) is 5.75 Å². The molecule has 4 rings (SSSR count). The van der Waals surface area contributed by atoms with Crippen LogP contribution in [0.2, 0.25) is 0 Å². The van der Waals surface area contributed by atoms with Gasteiger partial charge in [-0.2, -0.15) is 34.8 Å². The van der Waals surface area contributed by atoms with Crippen molar-refractivity contribution in [2.45, 2.75) is 36.9 Å². The van der Waals surface area contributed by atoms with E-state index in [0.717, 1.165) is 12.1 Å². The number of alkyl halides is 6. The molecule has 1 aromatic carbocycles. The third-order valence-electron chi connectivity index (χ3n) is 6.70. The Hall–Kier alpha value is -2.15. The predicted molar refractivity (Wildman–Crippen MR) is 115 cm³/mol. The molecule has 2 bridgehead atoms. The Balaban J connectivity index is 1.60. The number of halogens is 7. The van der Waals surface area contributed by atoms with Crippen LogP contribution in [0.4, 0.5) is 26.3 Å². The Morgan fingerprint density at radius 1 is 1.11 bits per heavy atom. The fourth-order valence-corrected chi connectivity index (χ4v) is 6.50. The molecule has 17 heteroatoms. The standard InChI is InChI=1S/C20H15F6IO9S/c21-19(22,23)18(20(24,25)26,6-37(31,32)33)36-15(28)7-1-2-10(27)12(4-7)35-16(29)13-8-3-9-11(5-8)34-17(30)14(9)13/h1-2,4,8-9,11,13-14H,3,5-6H2,(H,31,32,33). The molecule has 0 spiro atoms. The first-order valence-corrected chi connectivity index (χ1v) is 13.1. The van der Waals surface area contributed by atoms with Crippen LogP contribution in [0.25, 0.3) is 0 Å². The predicted octanol–water partition coefficient (Wildman–Crippen LogP) is 3.30. The van der Waals surface area contributed by atoms with E-state index in [1.807, 2.05) is 0 Å². The second kappa shape index (κ2) is 8.96. The Labute approximate surface area is 217 Å². The molecule has 0 radical (unpaired) electrons. The van der Waals surface area contributed by atoms with Crippen molar-refractivity contribution in [3.05, 3.63) is 27.3 Å². The number of hydrogen-bond donors (Lipinski definition) is 1. The lowest BCUT2D eigenvalue weighted by molar-refractivity contribution is -0.356. The van der Waals surface area contributed by atoms with Gasteiger partial charge in [-0.15, -0.1) is 0 Å². The molecule has 3 fully saturated rings. The van der Waals surface area contributed by atoms with Crippen LogP contribution in [0.15, 0.2) is 18.2 Å². The summed E-state index contributed by atoms with van der Waals surface area (Å²) in [5.74, 6) is -9.13. The first-order valence-electron chi connectivity index (χ1n) is 10.4. The topological polar surface area (TPSA) is 133 Å². The van der Waals surface area contributed by atoms with Gasteiger partial charge in [0.15, 0.2) is 0 Å². The summed E-state index contributed by atoms with van der Waals surface area (Å²) in [4.78, 5) is 37.4. The summed E-state index contributed by atoms with van der Waals surface area (Å²) >= 11 is 1.63. The smallest absolute Gasteiger partial charge is 0.438 e. The summed E-state index contributed by atoms with van der Waals surface area (Å²) < 4.78 is 126. The second-order valence-corrected chi connectivity index (χ2v) is 11.5. The third-order valence-corrected chi connectivity index (χ3v) is 8.36. The first kappa shape index (κ1) is 27.9. The fraction of sp³-hybridized carbons (Fsp3) is 0.550. The number of ether oxygens (including phenoxy) is 3. The van der Waals surface area contributed by atoms with E-state index in [1.165, 1.54) is 0 Å². The molecular weight excluding hydrogens is 657 g/mol. The number of carbonyl (C=O) groups is 3. The molecule has 0 aromatic heterocycles. The molecule has 1 saturated heterocycles. The normalized spacial score (nSPS) is 27.2. The van der Waals surface area contributed by atoms with Crippen molar-refractivity contribution in [3.63, 3.8) is 0 Å². The minimum atomic E-state index is -6.50. The number of carbonyl (C=O) groups excluding carboxylic acids is 3. The fourth-order valence-electron chi connectivity index (χ4n) is 5.15. The molecule has 1 aliphatic heterocycles. The van der Waals surface area contributed by atoms with Gasteiger partial charge in [0.2, 0.25) is 0 Å². The average Bonchev–Trinajstić information content (AvgIpc) is 3.34. The SMILES string of the molecule is O=C(OC(CS(=O)(=O)O)(C(F)(F)F)C(F)(F)F)c1ccc(I)c(OC(=O)C2C3CC4OC(=O)C2C4C3)c1. The van der Waals surface area contributed by atoms with Gasteiger partial charge in [0, 0.05) is 5.92 Å². The zero-order valence-electron chi connectivity index (χ0n) is 18.0. The third kappa shape index (κ3) is 4.88. The number of benzene rings is 1. The Morgan fingerprint density at radius 2 is 1.73 bits per heavy atom. The number of rotatable bonds is 6. The van der Waals surface area contributed by atoms with Crippen molar-refractivity contribution in [1.82, 2.24) is 0 Å². The average molecular weight is 672 g/mol. The van der Waals surface area contributed by atoms with E-state index < -0.39 is 74.9 Å². The number of hydrogen-bond acceptors (Lipinski definition) is 8. The van der Waals surface area contributed by atoms with E-state index in [4.69, 9.17) is 14.0 Å². The Kier molecular flexibility index (Phi) is 6.75. The summed E-state index contributed by atoms with van der Waals surface area (Å²) in [5.41, 5.74) is -6.53. The zero-order chi connectivity index (χ0) is 27.7. The van der Waals surface area contributed by atoms with E-state index in [1.54, 1.807) is 22.6 Å². The maximum absolute atomic E-state index is 13.5. The molecule has 2 saturated carbocycles. The molecule has 2 aliphatic carbocycles. The van der Waals surface area contributed by atoms with Crippen LogP contribution in [0.1, 0.15) is 23.2 Å². The van der Waals surface area contributed by atoms with Crippen LogP contribution in [0.5, 0.6) is 5.75 Å². The highest BCUT2D eigenvalue weighted by Crippen LogP contribution is 2.58. The zero-order valence-corrected chi connectivity index (χ0v) is 21.0. The summed E-state index contributed by atoms with van der Waals surface area (Å²) in [6.07, 6.45) is -12.3. The van der Waals surface area contributed by atoms with Crippen molar-refractivity contribution in [3.8, 4) is 5.75 Å². The first-order chi connectivity index (χ1) is 16.8. The Morgan fingerprint density at radius 3 is 2.30 bits per heavy atom. The van der Waals surface area contributed by atoms with Crippen molar-refractivity contribution in [2.24, 2.45) is 23.7 Å². The number of esters is 3. The van der Waals surface area contributed by atoms with E-state index in [-0.39, 0.29) is 21.5 Å². The van der Waals surface area contributed by atoms with Gasteiger partial charge in [-0.3, -0.25) is 14.1 Å². The molecule has 204 valence electrons. The van der Waals surface area contributed by atoms with Crippen molar-refractivity contribution < 1.29 is 67.9 Å². The number of fused-ring (bicyclic) bond motifs is 1. The van der Waals surface area contributed by atoms with E-state index >= 15 is 0 Å². The molecule has 1 N–H and O–H groups in total. The highest BCUT2D eigenvalue weighted by molar-refractivity contribution is 14.1. The van der Waals surface area contributed by atoms with Gasteiger partial charge in [-0.1, -0.05) is 0 Å². The molecule has 0 amide bonds. The highest BCUT2D eigenvalue weighted by atomic mass is 127. The minimum absolute atomic E-state index is 0.133. The van der Waals surface area contributed by atoms with Crippen LogP contribution in [0, 0.1) is 27.2 Å². The molecule has 3 aliphatic rings. The molecule has 5 atom stereocenters. The lowest BCUT2D eigenvalue weighted by Crippen LogP contribution is -2.63. The molecule has 9 nitrogen and oxygen atoms in total. The van der Waals surface area contributed by atoms with Crippen LogP contribution in [-0.4, -0.2) is 60.7 Å². The van der Waals surface area contributed by atoms with Gasteiger partial charge in [0.25, 0.3) is 10.1 Å². The summed E-state index contributed by atoms with van der Waals surface area (Å²) in [6, 6.07) is 2.45. The van der Waals surface area contributed by atoms with Gasteiger partial charge in [0.1, 0.15) is 17.6 Å². The van der Waals surface area contributed by atoms with Crippen LogP contribution in [-0.2, 0) is 29.2 Å². The molecule has 1 heterocycles. The van der Waals surface area contributed by atoms with Gasteiger partial charge < -0.3 is 14.2 Å². The van der Waals surface area contributed by atoms with Crippen LogP contribution < -0.4 is 4.74 Å².